The van der Waals surface area contributed by atoms with Gasteiger partial charge in [0.05, 0.1) is 11.7 Å². The summed E-state index contributed by atoms with van der Waals surface area (Å²) >= 11 is 0. The maximum absolute atomic E-state index is 13.9. The molecule has 19 heavy (non-hydrogen) atoms. The molecule has 1 aliphatic carbocycles. The van der Waals surface area contributed by atoms with Gasteiger partial charge in [0.1, 0.15) is 5.82 Å². The van der Waals surface area contributed by atoms with E-state index < -0.39 is 0 Å². The summed E-state index contributed by atoms with van der Waals surface area (Å²) in [6.45, 7) is 3.96. The van der Waals surface area contributed by atoms with Crippen LogP contribution in [0.3, 0.4) is 0 Å². The fourth-order valence-corrected chi connectivity index (χ4v) is 2.29. The zero-order valence-electron chi connectivity index (χ0n) is 11.2. The van der Waals surface area contributed by atoms with Crippen LogP contribution in [0.1, 0.15) is 37.1 Å². The number of aryl methyl sites for hydroxylation is 1. The van der Waals surface area contributed by atoms with Crippen LogP contribution in [-0.2, 0) is 0 Å². The molecule has 1 aromatic heterocycles. The van der Waals surface area contributed by atoms with Crippen molar-refractivity contribution in [1.29, 1.82) is 0 Å². The summed E-state index contributed by atoms with van der Waals surface area (Å²) in [5.74, 6) is 0.675. The summed E-state index contributed by atoms with van der Waals surface area (Å²) in [5, 5.41) is 3.40. The molecule has 1 aromatic carbocycles. The molecule has 3 rings (SSSR count). The number of aromatic nitrogens is 2. The number of hydrogen-bond donors (Lipinski definition) is 1. The average Bonchev–Trinajstić information content (AvgIpc) is 3.12. The van der Waals surface area contributed by atoms with Gasteiger partial charge in [0, 0.05) is 17.8 Å². The van der Waals surface area contributed by atoms with E-state index in [1.165, 1.54) is 18.9 Å². The first-order valence-electron chi connectivity index (χ1n) is 6.71. The Hall–Kier alpha value is -1.84. The zero-order chi connectivity index (χ0) is 13.4. The first kappa shape index (κ1) is 12.2. The van der Waals surface area contributed by atoms with Crippen molar-refractivity contribution < 1.29 is 4.39 Å². The first-order chi connectivity index (χ1) is 9.15. The molecule has 1 N–H and O–H groups in total. The molecule has 0 spiro atoms. The minimum Gasteiger partial charge on any atom is -0.353 e. The average molecular weight is 259 g/mol. The van der Waals surface area contributed by atoms with E-state index in [2.05, 4.69) is 10.3 Å². The highest BCUT2D eigenvalue weighted by Crippen LogP contribution is 2.28. The SMILES string of the molecule is Cc1cn(C(C)c2ccccc2F)c(NC2CC2)n1. The van der Waals surface area contributed by atoms with Gasteiger partial charge in [0.2, 0.25) is 5.95 Å². The lowest BCUT2D eigenvalue weighted by Crippen LogP contribution is -2.13. The van der Waals surface area contributed by atoms with Crippen LogP contribution in [0, 0.1) is 12.7 Å². The van der Waals surface area contributed by atoms with Crippen molar-refractivity contribution in [3.8, 4) is 0 Å². The smallest absolute Gasteiger partial charge is 0.203 e. The molecule has 0 amide bonds. The predicted octanol–water partition coefficient (Wildman–Crippen LogP) is 3.51. The molecule has 1 fully saturated rings. The third kappa shape index (κ3) is 2.48. The van der Waals surface area contributed by atoms with Crippen LogP contribution in [-0.4, -0.2) is 15.6 Å². The summed E-state index contributed by atoms with van der Waals surface area (Å²) in [5.41, 5.74) is 1.64. The van der Waals surface area contributed by atoms with E-state index in [1.807, 2.05) is 36.7 Å². The molecule has 1 aliphatic rings. The van der Waals surface area contributed by atoms with E-state index in [4.69, 9.17) is 0 Å². The number of benzene rings is 1. The van der Waals surface area contributed by atoms with Gasteiger partial charge in [-0.05, 0) is 32.8 Å². The molecule has 0 aliphatic heterocycles. The molecule has 1 saturated carbocycles. The molecule has 0 saturated heterocycles. The summed E-state index contributed by atoms with van der Waals surface area (Å²) < 4.78 is 15.9. The minimum atomic E-state index is -0.168. The Morgan fingerprint density at radius 3 is 2.79 bits per heavy atom. The summed E-state index contributed by atoms with van der Waals surface area (Å²) in [4.78, 5) is 4.50. The Kier molecular flexibility index (Phi) is 3.01. The molecule has 3 nitrogen and oxygen atoms in total. The van der Waals surface area contributed by atoms with Crippen LogP contribution in [0.5, 0.6) is 0 Å². The number of imidazole rings is 1. The number of nitrogens with one attached hydrogen (secondary N) is 1. The van der Waals surface area contributed by atoms with Crippen LogP contribution in [0.4, 0.5) is 10.3 Å². The molecule has 1 heterocycles. The van der Waals surface area contributed by atoms with E-state index in [-0.39, 0.29) is 11.9 Å². The van der Waals surface area contributed by atoms with Gasteiger partial charge in [0.15, 0.2) is 0 Å². The Balaban J connectivity index is 1.94. The minimum absolute atomic E-state index is 0.0661. The second-order valence-corrected chi connectivity index (χ2v) is 5.23. The molecule has 2 aromatic rings. The van der Waals surface area contributed by atoms with Crippen LogP contribution < -0.4 is 5.32 Å². The number of nitrogens with zero attached hydrogens (tertiary/aromatic N) is 2. The Labute approximate surface area is 112 Å². The molecule has 100 valence electrons. The number of anilines is 1. The normalized spacial score (nSPS) is 16.4. The Bertz CT molecular complexity index is 587. The first-order valence-corrected chi connectivity index (χ1v) is 6.71. The zero-order valence-corrected chi connectivity index (χ0v) is 11.2. The van der Waals surface area contributed by atoms with Crippen molar-refractivity contribution in [2.75, 3.05) is 5.32 Å². The van der Waals surface area contributed by atoms with Crippen LogP contribution >= 0.6 is 0 Å². The van der Waals surface area contributed by atoms with Crippen LogP contribution in [0.25, 0.3) is 0 Å². The largest absolute Gasteiger partial charge is 0.353 e. The van der Waals surface area contributed by atoms with Gasteiger partial charge in [-0.3, -0.25) is 0 Å². The van der Waals surface area contributed by atoms with Crippen molar-refractivity contribution in [3.05, 3.63) is 47.5 Å². The Morgan fingerprint density at radius 2 is 2.11 bits per heavy atom. The topological polar surface area (TPSA) is 29.9 Å². The van der Waals surface area contributed by atoms with E-state index in [1.54, 1.807) is 6.07 Å². The number of hydrogen-bond acceptors (Lipinski definition) is 2. The van der Waals surface area contributed by atoms with E-state index in [9.17, 15) is 4.39 Å². The third-order valence-corrected chi connectivity index (χ3v) is 3.54. The summed E-state index contributed by atoms with van der Waals surface area (Å²) in [6, 6.07) is 7.39. The summed E-state index contributed by atoms with van der Waals surface area (Å²) in [6.07, 6.45) is 4.36. The number of rotatable bonds is 4. The maximum atomic E-state index is 13.9. The second-order valence-electron chi connectivity index (χ2n) is 5.23. The third-order valence-electron chi connectivity index (χ3n) is 3.54. The fraction of sp³-hybridized carbons (Fsp3) is 0.400. The maximum Gasteiger partial charge on any atom is 0.203 e. The van der Waals surface area contributed by atoms with Gasteiger partial charge < -0.3 is 9.88 Å². The van der Waals surface area contributed by atoms with Crippen LogP contribution in [0.15, 0.2) is 30.5 Å². The molecule has 4 heteroatoms. The van der Waals surface area contributed by atoms with Gasteiger partial charge in [-0.2, -0.15) is 0 Å². The van der Waals surface area contributed by atoms with Crippen molar-refractivity contribution >= 4 is 5.95 Å². The van der Waals surface area contributed by atoms with Gasteiger partial charge >= 0.3 is 0 Å². The van der Waals surface area contributed by atoms with Crippen molar-refractivity contribution in [3.63, 3.8) is 0 Å². The van der Waals surface area contributed by atoms with E-state index in [0.717, 1.165) is 11.6 Å². The van der Waals surface area contributed by atoms with E-state index >= 15 is 0 Å². The summed E-state index contributed by atoms with van der Waals surface area (Å²) in [7, 11) is 0. The fourth-order valence-electron chi connectivity index (χ4n) is 2.29. The predicted molar refractivity (Wildman–Crippen MR) is 73.8 cm³/mol. The molecule has 0 radical (unpaired) electrons. The highest BCUT2D eigenvalue weighted by Gasteiger charge is 2.24. The van der Waals surface area contributed by atoms with Crippen molar-refractivity contribution in [1.82, 2.24) is 9.55 Å². The standard InChI is InChI=1S/C15H18FN3/c1-10-9-19(15(17-10)18-12-7-8-12)11(2)13-5-3-4-6-14(13)16/h3-6,9,11-12H,7-8H2,1-2H3,(H,17,18). The lowest BCUT2D eigenvalue weighted by molar-refractivity contribution is 0.559. The highest BCUT2D eigenvalue weighted by molar-refractivity contribution is 5.35. The lowest BCUT2D eigenvalue weighted by Gasteiger charge is -2.17. The van der Waals surface area contributed by atoms with Gasteiger partial charge in [-0.25, -0.2) is 9.37 Å². The van der Waals surface area contributed by atoms with E-state index in [0.29, 0.717) is 11.6 Å². The molecular weight excluding hydrogens is 241 g/mol. The lowest BCUT2D eigenvalue weighted by atomic mass is 10.1. The second kappa shape index (κ2) is 4.68. The Morgan fingerprint density at radius 1 is 1.37 bits per heavy atom. The quantitative estimate of drug-likeness (QED) is 0.910. The van der Waals surface area contributed by atoms with Crippen LogP contribution in [0.2, 0.25) is 0 Å². The molecule has 1 atom stereocenters. The van der Waals surface area contributed by atoms with Crippen molar-refractivity contribution in [2.45, 2.75) is 38.8 Å². The molecular formula is C15H18FN3. The van der Waals surface area contributed by atoms with Gasteiger partial charge in [0.25, 0.3) is 0 Å². The van der Waals surface area contributed by atoms with Crippen molar-refractivity contribution in [2.24, 2.45) is 0 Å². The molecule has 0 bridgehead atoms. The highest BCUT2D eigenvalue weighted by atomic mass is 19.1. The van der Waals surface area contributed by atoms with Gasteiger partial charge in [-0.15, -0.1) is 0 Å². The monoisotopic (exact) mass is 259 g/mol. The number of halogens is 1. The molecule has 1 unspecified atom stereocenters. The van der Waals surface area contributed by atoms with Gasteiger partial charge in [-0.1, -0.05) is 18.2 Å².